The van der Waals surface area contributed by atoms with E-state index in [9.17, 15) is 4.79 Å². The Hall–Kier alpha value is -2.02. The maximum Gasteiger partial charge on any atom is 0.339 e. The molecule has 0 aliphatic carbocycles. The molecule has 0 unspecified atom stereocenters. The molecule has 4 heteroatoms. The maximum atomic E-state index is 11.7. The van der Waals surface area contributed by atoms with Crippen molar-refractivity contribution in [2.24, 2.45) is 0 Å². The van der Waals surface area contributed by atoms with Crippen LogP contribution in [0.5, 0.6) is 5.75 Å². The van der Waals surface area contributed by atoms with Crippen molar-refractivity contribution in [3.63, 3.8) is 0 Å². The fourth-order valence-corrected chi connectivity index (χ4v) is 1.52. The second-order valence-corrected chi connectivity index (χ2v) is 3.41. The van der Waals surface area contributed by atoms with E-state index >= 15 is 0 Å². The van der Waals surface area contributed by atoms with Gasteiger partial charge in [-0.2, -0.15) is 5.26 Å². The van der Waals surface area contributed by atoms with Crippen LogP contribution in [0.25, 0.3) is 0 Å². The summed E-state index contributed by atoms with van der Waals surface area (Å²) >= 11 is 0. The lowest BCUT2D eigenvalue weighted by atomic mass is 10.0. The molecular formula is C13H15NO3. The SMILES string of the molecule is CCOC(=O)c1cc(CC)cc(OC)c1C#N. The summed E-state index contributed by atoms with van der Waals surface area (Å²) < 4.78 is 10.0. The second kappa shape index (κ2) is 5.90. The quantitative estimate of drug-likeness (QED) is 0.749. The van der Waals surface area contributed by atoms with E-state index in [0.717, 1.165) is 12.0 Å². The molecule has 0 aliphatic heterocycles. The Labute approximate surface area is 101 Å². The van der Waals surface area contributed by atoms with Gasteiger partial charge in [-0.1, -0.05) is 6.92 Å². The zero-order valence-electron chi connectivity index (χ0n) is 10.2. The third-order valence-electron chi connectivity index (χ3n) is 2.40. The second-order valence-electron chi connectivity index (χ2n) is 3.41. The fourth-order valence-electron chi connectivity index (χ4n) is 1.52. The lowest BCUT2D eigenvalue weighted by molar-refractivity contribution is 0.0525. The Bertz CT molecular complexity index is 460. The van der Waals surface area contributed by atoms with Gasteiger partial charge in [0.1, 0.15) is 17.4 Å². The zero-order chi connectivity index (χ0) is 12.8. The van der Waals surface area contributed by atoms with Crippen LogP contribution in [-0.4, -0.2) is 19.7 Å². The molecule has 0 aliphatic rings. The first-order chi connectivity index (χ1) is 8.17. The number of carbonyl (C=O) groups is 1. The van der Waals surface area contributed by atoms with Crippen LogP contribution in [0.3, 0.4) is 0 Å². The molecule has 0 aromatic heterocycles. The summed E-state index contributed by atoms with van der Waals surface area (Å²) in [5.74, 6) is -0.0763. The van der Waals surface area contributed by atoms with Gasteiger partial charge in [-0.3, -0.25) is 0 Å². The number of rotatable bonds is 4. The van der Waals surface area contributed by atoms with Crippen molar-refractivity contribution in [3.8, 4) is 11.8 Å². The van der Waals surface area contributed by atoms with Gasteiger partial charge < -0.3 is 9.47 Å². The lowest BCUT2D eigenvalue weighted by Crippen LogP contribution is -2.09. The topological polar surface area (TPSA) is 59.3 Å². The molecule has 0 radical (unpaired) electrons. The van der Waals surface area contributed by atoms with Gasteiger partial charge in [-0.15, -0.1) is 0 Å². The molecule has 0 saturated heterocycles. The Morgan fingerprint density at radius 1 is 1.41 bits per heavy atom. The molecule has 90 valence electrons. The van der Waals surface area contributed by atoms with Crippen molar-refractivity contribution in [1.82, 2.24) is 0 Å². The third kappa shape index (κ3) is 2.76. The monoisotopic (exact) mass is 233 g/mol. The summed E-state index contributed by atoms with van der Waals surface area (Å²) in [6.07, 6.45) is 0.758. The van der Waals surface area contributed by atoms with Crippen LogP contribution < -0.4 is 4.74 Å². The average molecular weight is 233 g/mol. The molecule has 0 fully saturated rings. The summed E-state index contributed by atoms with van der Waals surface area (Å²) in [6, 6.07) is 5.42. The van der Waals surface area contributed by atoms with E-state index in [0.29, 0.717) is 5.75 Å². The van der Waals surface area contributed by atoms with Gasteiger partial charge in [0.15, 0.2) is 0 Å². The smallest absolute Gasteiger partial charge is 0.339 e. The summed E-state index contributed by atoms with van der Waals surface area (Å²) in [6.45, 7) is 3.98. The highest BCUT2D eigenvalue weighted by atomic mass is 16.5. The van der Waals surface area contributed by atoms with Crippen molar-refractivity contribution < 1.29 is 14.3 Å². The Morgan fingerprint density at radius 2 is 2.12 bits per heavy atom. The first-order valence-electron chi connectivity index (χ1n) is 5.46. The van der Waals surface area contributed by atoms with Crippen molar-refractivity contribution >= 4 is 5.97 Å². The Morgan fingerprint density at radius 3 is 2.59 bits per heavy atom. The predicted octanol–water partition coefficient (Wildman–Crippen LogP) is 2.31. The van der Waals surface area contributed by atoms with Crippen molar-refractivity contribution in [1.29, 1.82) is 5.26 Å². The normalized spacial score (nSPS) is 9.53. The van der Waals surface area contributed by atoms with Crippen LogP contribution in [0.2, 0.25) is 0 Å². The van der Waals surface area contributed by atoms with Gasteiger partial charge in [-0.25, -0.2) is 4.79 Å². The van der Waals surface area contributed by atoms with Gasteiger partial charge in [-0.05, 0) is 31.0 Å². The highest BCUT2D eigenvalue weighted by molar-refractivity contribution is 5.93. The molecule has 0 bridgehead atoms. The van der Waals surface area contributed by atoms with Crippen LogP contribution in [0.15, 0.2) is 12.1 Å². The molecule has 0 atom stereocenters. The van der Waals surface area contributed by atoms with Gasteiger partial charge in [0, 0.05) is 0 Å². The number of hydrogen-bond acceptors (Lipinski definition) is 4. The van der Waals surface area contributed by atoms with Crippen molar-refractivity contribution in [2.75, 3.05) is 13.7 Å². The molecule has 1 aromatic rings. The maximum absolute atomic E-state index is 11.7. The summed E-state index contributed by atoms with van der Waals surface area (Å²) in [5.41, 5.74) is 1.43. The minimum atomic E-state index is -0.488. The van der Waals surface area contributed by atoms with Gasteiger partial charge in [0.05, 0.1) is 19.3 Å². The molecule has 0 heterocycles. The highest BCUT2D eigenvalue weighted by Crippen LogP contribution is 2.25. The fraction of sp³-hybridized carbons (Fsp3) is 0.385. The molecule has 0 saturated carbocycles. The Balaban J connectivity index is 3.35. The molecule has 4 nitrogen and oxygen atoms in total. The number of ether oxygens (including phenoxy) is 2. The lowest BCUT2D eigenvalue weighted by Gasteiger charge is -2.10. The number of aryl methyl sites for hydroxylation is 1. The number of nitriles is 1. The highest BCUT2D eigenvalue weighted by Gasteiger charge is 2.18. The van der Waals surface area contributed by atoms with Crippen LogP contribution in [0, 0.1) is 11.3 Å². The first kappa shape index (κ1) is 13.0. The number of methoxy groups -OCH3 is 1. The molecule has 0 amide bonds. The molecule has 0 N–H and O–H groups in total. The van der Waals surface area contributed by atoms with E-state index in [1.165, 1.54) is 7.11 Å². The largest absolute Gasteiger partial charge is 0.495 e. The average Bonchev–Trinajstić information content (AvgIpc) is 2.37. The summed E-state index contributed by atoms with van der Waals surface area (Å²) in [7, 11) is 1.48. The summed E-state index contributed by atoms with van der Waals surface area (Å²) in [4.78, 5) is 11.7. The predicted molar refractivity (Wildman–Crippen MR) is 63.0 cm³/mol. The van der Waals surface area contributed by atoms with E-state index in [2.05, 4.69) is 0 Å². The molecule has 17 heavy (non-hydrogen) atoms. The van der Waals surface area contributed by atoms with Crippen molar-refractivity contribution in [2.45, 2.75) is 20.3 Å². The molecular weight excluding hydrogens is 218 g/mol. The van der Waals surface area contributed by atoms with E-state index < -0.39 is 5.97 Å². The van der Waals surface area contributed by atoms with Crippen LogP contribution in [0.4, 0.5) is 0 Å². The molecule has 1 aromatic carbocycles. The number of carbonyl (C=O) groups excluding carboxylic acids is 1. The molecule has 1 rings (SSSR count). The van der Waals surface area contributed by atoms with Crippen LogP contribution in [0.1, 0.15) is 35.3 Å². The van der Waals surface area contributed by atoms with Gasteiger partial charge in [0.25, 0.3) is 0 Å². The van der Waals surface area contributed by atoms with Crippen LogP contribution in [-0.2, 0) is 11.2 Å². The number of esters is 1. The zero-order valence-corrected chi connectivity index (χ0v) is 10.2. The van der Waals surface area contributed by atoms with E-state index in [4.69, 9.17) is 14.7 Å². The third-order valence-corrected chi connectivity index (χ3v) is 2.40. The van der Waals surface area contributed by atoms with Crippen molar-refractivity contribution in [3.05, 3.63) is 28.8 Å². The minimum Gasteiger partial charge on any atom is -0.495 e. The number of hydrogen-bond donors (Lipinski definition) is 0. The summed E-state index contributed by atoms with van der Waals surface area (Å²) in [5, 5.41) is 9.07. The number of benzene rings is 1. The van der Waals surface area contributed by atoms with Gasteiger partial charge in [0.2, 0.25) is 0 Å². The van der Waals surface area contributed by atoms with E-state index in [-0.39, 0.29) is 17.7 Å². The minimum absolute atomic E-state index is 0.225. The Kier molecular flexibility index (Phi) is 4.53. The first-order valence-corrected chi connectivity index (χ1v) is 5.46. The van der Waals surface area contributed by atoms with Gasteiger partial charge >= 0.3 is 5.97 Å². The number of nitrogens with zero attached hydrogens (tertiary/aromatic N) is 1. The molecule has 0 spiro atoms. The van der Waals surface area contributed by atoms with E-state index in [1.54, 1.807) is 19.1 Å². The van der Waals surface area contributed by atoms with E-state index in [1.807, 2.05) is 13.0 Å². The van der Waals surface area contributed by atoms with Crippen LogP contribution >= 0.6 is 0 Å². The standard InChI is InChI=1S/C13H15NO3/c1-4-9-6-10(13(15)17-5-2)11(8-14)12(7-9)16-3/h6-7H,4-5H2,1-3H3.